The summed E-state index contributed by atoms with van der Waals surface area (Å²) in [6, 6.07) is 16.3. The van der Waals surface area contributed by atoms with Gasteiger partial charge >= 0.3 is 0 Å². The van der Waals surface area contributed by atoms with Crippen molar-refractivity contribution in [3.05, 3.63) is 48.5 Å². The monoisotopic (exact) mass is 347 g/mol. The van der Waals surface area contributed by atoms with Crippen LogP contribution in [0.3, 0.4) is 0 Å². The van der Waals surface area contributed by atoms with Gasteiger partial charge in [-0.25, -0.2) is 9.97 Å². The molecule has 1 heterocycles. The number of hydrogen-bond donors (Lipinski definition) is 0. The van der Waals surface area contributed by atoms with Crippen molar-refractivity contribution in [3.8, 4) is 17.1 Å². The third kappa shape index (κ3) is 3.50. The Bertz CT molecular complexity index is 905. The SMILES string of the molecule is CCN(CCC1CC1)c1nc(-c2cccc(OC)c2)nc2ccccc12. The highest BCUT2D eigenvalue weighted by Gasteiger charge is 2.23. The van der Waals surface area contributed by atoms with Crippen molar-refractivity contribution in [2.45, 2.75) is 26.2 Å². The molecule has 1 aliphatic rings. The Hall–Kier alpha value is -2.62. The normalized spacial score (nSPS) is 13.8. The Balaban J connectivity index is 1.79. The summed E-state index contributed by atoms with van der Waals surface area (Å²) >= 11 is 0. The fourth-order valence-corrected chi connectivity index (χ4v) is 3.35. The van der Waals surface area contributed by atoms with Crippen molar-refractivity contribution in [3.63, 3.8) is 0 Å². The van der Waals surface area contributed by atoms with Gasteiger partial charge in [0.05, 0.1) is 12.6 Å². The molecule has 4 nitrogen and oxygen atoms in total. The molecule has 0 saturated heterocycles. The van der Waals surface area contributed by atoms with E-state index in [0.29, 0.717) is 0 Å². The van der Waals surface area contributed by atoms with Crippen LogP contribution in [0.2, 0.25) is 0 Å². The maximum atomic E-state index is 5.37. The van der Waals surface area contributed by atoms with Gasteiger partial charge in [-0.15, -0.1) is 0 Å². The summed E-state index contributed by atoms with van der Waals surface area (Å²) in [4.78, 5) is 12.2. The van der Waals surface area contributed by atoms with Crippen LogP contribution in [0.25, 0.3) is 22.3 Å². The molecule has 1 fully saturated rings. The van der Waals surface area contributed by atoms with Crippen molar-refractivity contribution in [2.75, 3.05) is 25.1 Å². The van der Waals surface area contributed by atoms with E-state index in [1.165, 1.54) is 19.3 Å². The van der Waals surface area contributed by atoms with E-state index >= 15 is 0 Å². The first-order valence-corrected chi connectivity index (χ1v) is 9.44. The summed E-state index contributed by atoms with van der Waals surface area (Å²) in [6.45, 7) is 4.21. The quantitative estimate of drug-likeness (QED) is 0.607. The lowest BCUT2D eigenvalue weighted by Crippen LogP contribution is -2.26. The lowest BCUT2D eigenvalue weighted by Gasteiger charge is -2.24. The van der Waals surface area contributed by atoms with Crippen LogP contribution >= 0.6 is 0 Å². The van der Waals surface area contributed by atoms with Crippen LogP contribution in [0, 0.1) is 5.92 Å². The zero-order valence-corrected chi connectivity index (χ0v) is 15.5. The molecule has 0 spiro atoms. The van der Waals surface area contributed by atoms with Crippen LogP contribution in [0.4, 0.5) is 5.82 Å². The molecule has 0 amide bonds. The van der Waals surface area contributed by atoms with Crippen molar-refractivity contribution in [1.29, 1.82) is 0 Å². The number of rotatable bonds is 7. The molecule has 0 N–H and O–H groups in total. The fraction of sp³-hybridized carbons (Fsp3) is 0.364. The molecule has 0 atom stereocenters. The zero-order chi connectivity index (χ0) is 17.9. The van der Waals surface area contributed by atoms with Crippen LogP contribution in [0.15, 0.2) is 48.5 Å². The van der Waals surface area contributed by atoms with Crippen LogP contribution < -0.4 is 9.64 Å². The Morgan fingerprint density at radius 3 is 2.69 bits per heavy atom. The van der Waals surface area contributed by atoms with E-state index in [1.807, 2.05) is 30.3 Å². The van der Waals surface area contributed by atoms with E-state index in [-0.39, 0.29) is 0 Å². The van der Waals surface area contributed by atoms with Crippen molar-refractivity contribution < 1.29 is 4.74 Å². The maximum Gasteiger partial charge on any atom is 0.162 e. The highest BCUT2D eigenvalue weighted by Crippen LogP contribution is 2.34. The van der Waals surface area contributed by atoms with Crippen molar-refractivity contribution in [1.82, 2.24) is 9.97 Å². The van der Waals surface area contributed by atoms with Gasteiger partial charge < -0.3 is 9.64 Å². The maximum absolute atomic E-state index is 5.37. The molecule has 0 radical (unpaired) electrons. The molecule has 0 aliphatic heterocycles. The average molecular weight is 347 g/mol. The molecule has 134 valence electrons. The summed E-state index contributed by atoms with van der Waals surface area (Å²) in [5.74, 6) is 3.52. The van der Waals surface area contributed by atoms with E-state index in [0.717, 1.165) is 52.9 Å². The van der Waals surface area contributed by atoms with E-state index in [4.69, 9.17) is 14.7 Å². The summed E-state index contributed by atoms with van der Waals surface area (Å²) in [5, 5.41) is 1.12. The molecule has 2 aromatic carbocycles. The van der Waals surface area contributed by atoms with Gasteiger partial charge in [0.1, 0.15) is 11.6 Å². The second kappa shape index (κ2) is 7.32. The number of ether oxygens (including phenoxy) is 1. The molecule has 4 heteroatoms. The number of para-hydroxylation sites is 1. The van der Waals surface area contributed by atoms with E-state index in [2.05, 4.69) is 30.0 Å². The van der Waals surface area contributed by atoms with Gasteiger partial charge in [-0.3, -0.25) is 0 Å². The molecule has 1 aliphatic carbocycles. The largest absolute Gasteiger partial charge is 0.497 e. The van der Waals surface area contributed by atoms with Crippen molar-refractivity contribution >= 4 is 16.7 Å². The first kappa shape index (κ1) is 16.8. The molecule has 1 aromatic heterocycles. The van der Waals surface area contributed by atoms with Gasteiger partial charge in [-0.05, 0) is 43.5 Å². The Kier molecular flexibility index (Phi) is 4.74. The summed E-state index contributed by atoms with van der Waals surface area (Å²) < 4.78 is 5.37. The number of hydrogen-bond acceptors (Lipinski definition) is 4. The van der Waals surface area contributed by atoms with Gasteiger partial charge in [0, 0.05) is 24.0 Å². The highest BCUT2D eigenvalue weighted by molar-refractivity contribution is 5.91. The highest BCUT2D eigenvalue weighted by atomic mass is 16.5. The van der Waals surface area contributed by atoms with Crippen molar-refractivity contribution in [2.24, 2.45) is 5.92 Å². The molecular weight excluding hydrogens is 322 g/mol. The van der Waals surface area contributed by atoms with Crippen LogP contribution in [0.5, 0.6) is 5.75 Å². The lowest BCUT2D eigenvalue weighted by atomic mass is 10.1. The second-order valence-corrected chi connectivity index (χ2v) is 6.93. The second-order valence-electron chi connectivity index (χ2n) is 6.93. The van der Waals surface area contributed by atoms with E-state index in [1.54, 1.807) is 7.11 Å². The number of methoxy groups -OCH3 is 1. The molecule has 0 bridgehead atoms. The standard InChI is InChI=1S/C22H25N3O/c1-3-25(14-13-16-11-12-16)22-19-9-4-5-10-20(19)23-21(24-22)17-7-6-8-18(15-17)26-2/h4-10,15-16H,3,11-14H2,1-2H3. The van der Waals surface area contributed by atoms with E-state index in [9.17, 15) is 0 Å². The summed E-state index contributed by atoms with van der Waals surface area (Å²) in [6.07, 6.45) is 4.02. The Labute approximate surface area is 154 Å². The van der Waals surface area contributed by atoms with Crippen LogP contribution in [-0.4, -0.2) is 30.2 Å². The topological polar surface area (TPSA) is 38.2 Å². The predicted octanol–water partition coefficient (Wildman–Crippen LogP) is 4.93. The average Bonchev–Trinajstić information content (AvgIpc) is 3.52. The zero-order valence-electron chi connectivity index (χ0n) is 15.5. The minimum Gasteiger partial charge on any atom is -0.497 e. The Morgan fingerprint density at radius 2 is 1.92 bits per heavy atom. The molecular formula is C22H25N3O. The van der Waals surface area contributed by atoms with E-state index < -0.39 is 0 Å². The van der Waals surface area contributed by atoms with Gasteiger partial charge in [0.25, 0.3) is 0 Å². The third-order valence-electron chi connectivity index (χ3n) is 5.10. The molecule has 26 heavy (non-hydrogen) atoms. The summed E-state index contributed by atoms with van der Waals surface area (Å²) in [7, 11) is 1.68. The number of aromatic nitrogens is 2. The van der Waals surface area contributed by atoms with Gasteiger partial charge in [-0.2, -0.15) is 0 Å². The molecule has 0 unspecified atom stereocenters. The molecule has 3 aromatic rings. The summed E-state index contributed by atoms with van der Waals surface area (Å²) in [5.41, 5.74) is 1.97. The lowest BCUT2D eigenvalue weighted by molar-refractivity contribution is 0.415. The first-order chi connectivity index (χ1) is 12.8. The number of fused-ring (bicyclic) bond motifs is 1. The number of benzene rings is 2. The van der Waals surface area contributed by atoms with Crippen LogP contribution in [-0.2, 0) is 0 Å². The predicted molar refractivity (Wildman–Crippen MR) is 107 cm³/mol. The minimum absolute atomic E-state index is 0.752. The first-order valence-electron chi connectivity index (χ1n) is 9.44. The molecule has 1 saturated carbocycles. The van der Waals surface area contributed by atoms with Crippen LogP contribution in [0.1, 0.15) is 26.2 Å². The molecule has 4 rings (SSSR count). The van der Waals surface area contributed by atoms with Gasteiger partial charge in [0.2, 0.25) is 0 Å². The number of anilines is 1. The smallest absolute Gasteiger partial charge is 0.162 e. The van der Waals surface area contributed by atoms with Gasteiger partial charge in [0.15, 0.2) is 5.82 Å². The minimum atomic E-state index is 0.752. The third-order valence-corrected chi connectivity index (χ3v) is 5.10. The number of nitrogens with zero attached hydrogens (tertiary/aromatic N) is 3. The van der Waals surface area contributed by atoms with Gasteiger partial charge in [-0.1, -0.05) is 37.1 Å². The Morgan fingerprint density at radius 1 is 1.08 bits per heavy atom. The fourth-order valence-electron chi connectivity index (χ4n) is 3.35.